The molecule has 5 aromatic rings. The molecule has 30 heavy (non-hydrogen) atoms. The smallest absolute Gasteiger partial charge is 0.227 e. The van der Waals surface area contributed by atoms with Gasteiger partial charge in [0.25, 0.3) is 0 Å². The molecule has 2 aromatic heterocycles. The van der Waals surface area contributed by atoms with Gasteiger partial charge in [0, 0.05) is 20.6 Å². The Morgan fingerprint density at radius 1 is 0.833 bits per heavy atom. The highest BCUT2D eigenvalue weighted by molar-refractivity contribution is 9.10. The third kappa shape index (κ3) is 3.95. The number of rotatable bonds is 4. The first kappa shape index (κ1) is 18.9. The molecule has 0 spiro atoms. The molecule has 3 aromatic carbocycles. The van der Waals surface area contributed by atoms with Gasteiger partial charge < -0.3 is 8.83 Å². The van der Waals surface area contributed by atoms with Crippen molar-refractivity contribution in [1.29, 1.82) is 0 Å². The molecule has 0 unspecified atom stereocenters. The van der Waals surface area contributed by atoms with Crippen molar-refractivity contribution in [2.24, 2.45) is 4.99 Å². The van der Waals surface area contributed by atoms with E-state index in [4.69, 9.17) is 20.4 Å². The largest absolute Gasteiger partial charge is 0.455 e. The fourth-order valence-corrected chi connectivity index (χ4v) is 3.43. The number of oxazole rings is 1. The van der Waals surface area contributed by atoms with E-state index in [0.29, 0.717) is 22.3 Å². The minimum absolute atomic E-state index is 0.549. The maximum atomic E-state index is 5.95. The van der Waals surface area contributed by atoms with Crippen LogP contribution < -0.4 is 0 Å². The molecule has 5 rings (SSSR count). The van der Waals surface area contributed by atoms with Crippen LogP contribution in [0.4, 0.5) is 5.69 Å². The number of aliphatic imine (C=N–C) groups is 1. The Balaban J connectivity index is 1.38. The zero-order valence-corrected chi connectivity index (χ0v) is 17.9. The first-order valence-electron chi connectivity index (χ1n) is 9.20. The molecule has 0 fully saturated rings. The lowest BCUT2D eigenvalue weighted by atomic mass is 10.2. The Morgan fingerprint density at radius 3 is 2.40 bits per heavy atom. The summed E-state index contributed by atoms with van der Waals surface area (Å²) in [6.07, 6.45) is 1.70. The maximum Gasteiger partial charge on any atom is 0.227 e. The van der Waals surface area contributed by atoms with Crippen LogP contribution in [-0.4, -0.2) is 11.2 Å². The molecular weight excluding hydrogens is 464 g/mol. The topological polar surface area (TPSA) is 51.5 Å². The van der Waals surface area contributed by atoms with Gasteiger partial charge in [-0.05, 0) is 66.7 Å². The van der Waals surface area contributed by atoms with Crippen LogP contribution in [0.3, 0.4) is 0 Å². The number of fused-ring (bicyclic) bond motifs is 1. The Kier molecular flexibility index (Phi) is 4.99. The minimum Gasteiger partial charge on any atom is -0.455 e. The third-order valence-corrected chi connectivity index (χ3v) is 5.34. The lowest BCUT2D eigenvalue weighted by Crippen LogP contribution is -1.76. The molecule has 0 bridgehead atoms. The predicted molar refractivity (Wildman–Crippen MR) is 124 cm³/mol. The van der Waals surface area contributed by atoms with Gasteiger partial charge in [0.15, 0.2) is 5.58 Å². The average molecular weight is 478 g/mol. The van der Waals surface area contributed by atoms with Crippen molar-refractivity contribution in [2.75, 3.05) is 0 Å². The number of furan rings is 1. The van der Waals surface area contributed by atoms with E-state index in [0.717, 1.165) is 32.6 Å². The standard InChI is InChI=1S/C24H14BrClN2O2/c25-17-5-1-15(2-6-17)22-12-10-20(29-22)14-27-19-9-11-23-21(13-19)28-24(30-23)16-3-7-18(26)8-4-16/h1-14H. The number of halogens is 2. The molecule has 0 aliphatic rings. The summed E-state index contributed by atoms with van der Waals surface area (Å²) in [5.41, 5.74) is 4.09. The van der Waals surface area contributed by atoms with Crippen molar-refractivity contribution in [3.05, 3.63) is 94.1 Å². The van der Waals surface area contributed by atoms with Crippen LogP contribution in [0.1, 0.15) is 5.76 Å². The molecule has 0 amide bonds. The number of hydrogen-bond donors (Lipinski definition) is 0. The van der Waals surface area contributed by atoms with Gasteiger partial charge in [0.2, 0.25) is 5.89 Å². The van der Waals surface area contributed by atoms with Gasteiger partial charge in [-0.1, -0.05) is 39.7 Å². The van der Waals surface area contributed by atoms with Crippen molar-refractivity contribution in [3.8, 4) is 22.8 Å². The van der Waals surface area contributed by atoms with Gasteiger partial charge in [-0.15, -0.1) is 0 Å². The lowest BCUT2D eigenvalue weighted by molar-refractivity contribution is 0.575. The van der Waals surface area contributed by atoms with E-state index >= 15 is 0 Å². The highest BCUT2D eigenvalue weighted by atomic mass is 79.9. The summed E-state index contributed by atoms with van der Waals surface area (Å²) in [4.78, 5) is 9.08. The summed E-state index contributed by atoms with van der Waals surface area (Å²) in [7, 11) is 0. The second-order valence-corrected chi connectivity index (χ2v) is 8.00. The summed E-state index contributed by atoms with van der Waals surface area (Å²) < 4.78 is 12.8. The first-order valence-corrected chi connectivity index (χ1v) is 10.4. The number of hydrogen-bond acceptors (Lipinski definition) is 4. The second-order valence-electron chi connectivity index (χ2n) is 6.65. The highest BCUT2D eigenvalue weighted by Crippen LogP contribution is 2.28. The van der Waals surface area contributed by atoms with Crippen LogP contribution in [-0.2, 0) is 0 Å². The Bertz CT molecular complexity index is 1350. The molecule has 2 heterocycles. The number of nitrogens with zero attached hydrogens (tertiary/aromatic N) is 2. The summed E-state index contributed by atoms with van der Waals surface area (Å²) in [6.45, 7) is 0. The van der Waals surface area contributed by atoms with Gasteiger partial charge >= 0.3 is 0 Å². The number of benzene rings is 3. The van der Waals surface area contributed by atoms with Crippen LogP contribution >= 0.6 is 27.5 Å². The van der Waals surface area contributed by atoms with Crippen molar-refractivity contribution in [2.45, 2.75) is 0 Å². The van der Waals surface area contributed by atoms with E-state index < -0.39 is 0 Å². The van der Waals surface area contributed by atoms with Crippen molar-refractivity contribution in [1.82, 2.24) is 4.98 Å². The summed E-state index contributed by atoms with van der Waals surface area (Å²) >= 11 is 9.39. The third-order valence-electron chi connectivity index (χ3n) is 4.56. The van der Waals surface area contributed by atoms with Crippen LogP contribution in [0.15, 0.2) is 97.2 Å². The second kappa shape index (κ2) is 7.94. The van der Waals surface area contributed by atoms with Crippen LogP contribution in [0.2, 0.25) is 5.02 Å². The van der Waals surface area contributed by atoms with E-state index in [1.807, 2.05) is 78.9 Å². The van der Waals surface area contributed by atoms with Crippen LogP contribution in [0.25, 0.3) is 33.9 Å². The molecule has 0 N–H and O–H groups in total. The summed E-state index contributed by atoms with van der Waals surface area (Å²) in [5.74, 6) is 2.02. The van der Waals surface area contributed by atoms with Crippen molar-refractivity contribution in [3.63, 3.8) is 0 Å². The lowest BCUT2D eigenvalue weighted by Gasteiger charge is -1.96. The highest BCUT2D eigenvalue weighted by Gasteiger charge is 2.09. The molecule has 6 heteroatoms. The van der Waals surface area contributed by atoms with Crippen LogP contribution in [0.5, 0.6) is 0 Å². The van der Waals surface area contributed by atoms with Gasteiger partial charge in [-0.25, -0.2) is 4.98 Å². The number of aromatic nitrogens is 1. The molecule has 0 aliphatic heterocycles. The van der Waals surface area contributed by atoms with Gasteiger partial charge in [-0.3, -0.25) is 4.99 Å². The van der Waals surface area contributed by atoms with Crippen molar-refractivity contribution < 1.29 is 8.83 Å². The normalized spacial score (nSPS) is 11.5. The average Bonchev–Trinajstić information content (AvgIpc) is 3.40. The minimum atomic E-state index is 0.549. The SMILES string of the molecule is Clc1ccc(-c2nc3cc(N=Cc4ccc(-c5ccc(Br)cc5)o4)ccc3o2)cc1. The summed E-state index contributed by atoms with van der Waals surface area (Å²) in [5, 5.41) is 0.674. The Hall–Kier alpha value is -3.15. The van der Waals surface area contributed by atoms with E-state index in [1.165, 1.54) is 0 Å². The molecule has 0 aliphatic carbocycles. The van der Waals surface area contributed by atoms with E-state index in [-0.39, 0.29) is 0 Å². The zero-order valence-electron chi connectivity index (χ0n) is 15.5. The van der Waals surface area contributed by atoms with Gasteiger partial charge in [0.1, 0.15) is 17.0 Å². The Labute approximate surface area is 186 Å². The Morgan fingerprint density at radius 2 is 1.60 bits per heavy atom. The fraction of sp³-hybridized carbons (Fsp3) is 0. The molecule has 0 radical (unpaired) electrons. The molecule has 4 nitrogen and oxygen atoms in total. The predicted octanol–water partition coefficient (Wildman–Crippen LogP) is 7.92. The fourth-order valence-electron chi connectivity index (χ4n) is 3.04. The van der Waals surface area contributed by atoms with Crippen LogP contribution in [0, 0.1) is 0 Å². The van der Waals surface area contributed by atoms with E-state index in [1.54, 1.807) is 6.21 Å². The monoisotopic (exact) mass is 476 g/mol. The maximum absolute atomic E-state index is 5.95. The molecule has 146 valence electrons. The van der Waals surface area contributed by atoms with Gasteiger partial charge in [0.05, 0.1) is 11.9 Å². The quantitative estimate of drug-likeness (QED) is 0.247. The zero-order chi connectivity index (χ0) is 20.5. The molecule has 0 saturated carbocycles. The van der Waals surface area contributed by atoms with Crippen molar-refractivity contribution >= 4 is 50.5 Å². The molecular formula is C24H14BrClN2O2. The van der Waals surface area contributed by atoms with E-state index in [9.17, 15) is 0 Å². The molecule has 0 atom stereocenters. The van der Waals surface area contributed by atoms with E-state index in [2.05, 4.69) is 25.9 Å². The molecule has 0 saturated heterocycles. The van der Waals surface area contributed by atoms with Gasteiger partial charge in [-0.2, -0.15) is 0 Å². The summed E-state index contributed by atoms with van der Waals surface area (Å²) in [6, 6.07) is 24.8. The first-order chi connectivity index (χ1) is 14.6.